The number of nitrogens with zero attached hydrogens (tertiary/aromatic N) is 1. The minimum atomic E-state index is -0.336. The van der Waals surface area contributed by atoms with Gasteiger partial charge in [0.2, 0.25) is 5.91 Å². The van der Waals surface area contributed by atoms with Gasteiger partial charge in [-0.1, -0.05) is 20.3 Å². The molecule has 100 valence electrons. The lowest BCUT2D eigenvalue weighted by atomic mass is 9.88. The van der Waals surface area contributed by atoms with Crippen LogP contribution < -0.4 is 0 Å². The number of amides is 1. The molecule has 1 unspecified atom stereocenters. The summed E-state index contributed by atoms with van der Waals surface area (Å²) in [7, 11) is 0. The third-order valence-corrected chi connectivity index (χ3v) is 3.69. The Labute approximate surface area is 105 Å². The third kappa shape index (κ3) is 4.30. The number of aliphatic hydroxyl groups is 1. The minimum Gasteiger partial charge on any atom is -0.391 e. The summed E-state index contributed by atoms with van der Waals surface area (Å²) in [5.41, 5.74) is -0.0891. The molecule has 1 N–H and O–H groups in total. The van der Waals surface area contributed by atoms with E-state index in [1.165, 1.54) is 0 Å². The molecule has 1 atom stereocenters. The normalized spacial score (nSPS) is 24.1. The second-order valence-corrected chi connectivity index (χ2v) is 6.30. The van der Waals surface area contributed by atoms with Crippen LogP contribution in [-0.2, 0) is 4.79 Å². The van der Waals surface area contributed by atoms with Gasteiger partial charge in [0.05, 0.1) is 6.10 Å². The Hall–Kier alpha value is -0.570. The van der Waals surface area contributed by atoms with Crippen molar-refractivity contribution in [3.8, 4) is 0 Å². The molecule has 3 nitrogen and oxygen atoms in total. The lowest BCUT2D eigenvalue weighted by molar-refractivity contribution is -0.142. The molecular formula is C14H27NO2. The molecule has 1 aliphatic rings. The molecule has 17 heavy (non-hydrogen) atoms. The van der Waals surface area contributed by atoms with Crippen LogP contribution >= 0.6 is 0 Å². The highest BCUT2D eigenvalue weighted by Gasteiger charge is 2.36. The van der Waals surface area contributed by atoms with Gasteiger partial charge in [0.1, 0.15) is 0 Å². The number of hydrogen-bond acceptors (Lipinski definition) is 2. The van der Waals surface area contributed by atoms with Gasteiger partial charge in [0.25, 0.3) is 0 Å². The molecular weight excluding hydrogens is 214 g/mol. The number of likely N-dealkylation sites (tertiary alicyclic amines) is 1. The number of carbonyl (C=O) groups is 1. The second kappa shape index (κ2) is 5.85. The zero-order chi connectivity index (χ0) is 13.1. The van der Waals surface area contributed by atoms with Crippen molar-refractivity contribution in [1.82, 2.24) is 4.90 Å². The van der Waals surface area contributed by atoms with E-state index in [-0.39, 0.29) is 17.6 Å². The van der Waals surface area contributed by atoms with E-state index in [4.69, 9.17) is 0 Å². The maximum atomic E-state index is 12.2. The molecule has 0 bridgehead atoms. The highest BCUT2D eigenvalue weighted by atomic mass is 16.3. The average Bonchev–Trinajstić information content (AvgIpc) is 2.21. The number of piperidine rings is 1. The number of hydrogen-bond donors (Lipinski definition) is 1. The fourth-order valence-electron chi connectivity index (χ4n) is 2.44. The van der Waals surface area contributed by atoms with Gasteiger partial charge in [-0.25, -0.2) is 0 Å². The summed E-state index contributed by atoms with van der Waals surface area (Å²) in [6, 6.07) is 0. The number of carbonyl (C=O) groups excluding carboxylic acids is 1. The average molecular weight is 241 g/mol. The van der Waals surface area contributed by atoms with Crippen LogP contribution in [0.1, 0.15) is 59.8 Å². The summed E-state index contributed by atoms with van der Waals surface area (Å²) in [4.78, 5) is 14.0. The van der Waals surface area contributed by atoms with Gasteiger partial charge in [-0.2, -0.15) is 0 Å². The van der Waals surface area contributed by atoms with Crippen molar-refractivity contribution in [2.45, 2.75) is 71.4 Å². The lowest BCUT2D eigenvalue weighted by Gasteiger charge is -2.44. The first-order valence-electron chi connectivity index (χ1n) is 6.81. The summed E-state index contributed by atoms with van der Waals surface area (Å²) in [5.74, 6) is 0.858. The Morgan fingerprint density at radius 3 is 2.71 bits per heavy atom. The van der Waals surface area contributed by atoms with Gasteiger partial charge in [0, 0.05) is 18.5 Å². The molecule has 0 radical (unpaired) electrons. The van der Waals surface area contributed by atoms with Crippen molar-refractivity contribution >= 4 is 5.91 Å². The van der Waals surface area contributed by atoms with Gasteiger partial charge in [0.15, 0.2) is 0 Å². The molecule has 1 rings (SSSR count). The van der Waals surface area contributed by atoms with Crippen LogP contribution in [0.25, 0.3) is 0 Å². The topological polar surface area (TPSA) is 40.5 Å². The maximum Gasteiger partial charge on any atom is 0.223 e. The van der Waals surface area contributed by atoms with Crippen LogP contribution in [0.4, 0.5) is 0 Å². The molecule has 0 saturated carbocycles. The van der Waals surface area contributed by atoms with E-state index < -0.39 is 0 Å². The largest absolute Gasteiger partial charge is 0.391 e. The SMILES string of the molecule is CC(C)CCCC(=O)N1CC(O)CCC1(C)C. The van der Waals surface area contributed by atoms with Crippen molar-refractivity contribution in [2.75, 3.05) is 6.54 Å². The highest BCUT2D eigenvalue weighted by Crippen LogP contribution is 2.28. The standard InChI is InChI=1S/C14H27NO2/c1-11(2)6-5-7-13(17)15-10-12(16)8-9-14(15,3)4/h11-12,16H,5-10H2,1-4H3. The third-order valence-electron chi connectivity index (χ3n) is 3.69. The van der Waals surface area contributed by atoms with E-state index in [2.05, 4.69) is 27.7 Å². The fourth-order valence-corrected chi connectivity index (χ4v) is 2.44. The first-order valence-corrected chi connectivity index (χ1v) is 6.81. The van der Waals surface area contributed by atoms with E-state index in [0.29, 0.717) is 18.9 Å². The molecule has 0 aliphatic carbocycles. The van der Waals surface area contributed by atoms with Crippen molar-refractivity contribution < 1.29 is 9.90 Å². The first-order chi connectivity index (χ1) is 7.83. The Kier molecular flexibility index (Phi) is 4.99. The number of aliphatic hydroxyl groups excluding tert-OH is 1. The zero-order valence-corrected chi connectivity index (χ0v) is 11.7. The Morgan fingerprint density at radius 1 is 1.47 bits per heavy atom. The minimum absolute atomic E-state index is 0.0891. The van der Waals surface area contributed by atoms with Gasteiger partial charge in [-0.3, -0.25) is 4.79 Å². The monoisotopic (exact) mass is 241 g/mol. The molecule has 1 heterocycles. The van der Waals surface area contributed by atoms with Crippen LogP contribution in [-0.4, -0.2) is 34.1 Å². The first kappa shape index (κ1) is 14.5. The van der Waals surface area contributed by atoms with Gasteiger partial charge >= 0.3 is 0 Å². The van der Waals surface area contributed by atoms with Gasteiger partial charge in [-0.05, 0) is 39.0 Å². The molecule has 1 amide bonds. The summed E-state index contributed by atoms with van der Waals surface area (Å²) in [6.45, 7) is 9.06. The van der Waals surface area contributed by atoms with Gasteiger partial charge in [-0.15, -0.1) is 0 Å². The zero-order valence-electron chi connectivity index (χ0n) is 11.7. The maximum absolute atomic E-state index is 12.2. The number of β-amino-alcohol motifs (C(OH)–C–C–N with tert-alkyl or cyclic N) is 1. The molecule has 0 aromatic carbocycles. The van der Waals surface area contributed by atoms with E-state index in [0.717, 1.165) is 25.7 Å². The quantitative estimate of drug-likeness (QED) is 0.822. The molecule has 0 aromatic heterocycles. The summed E-state index contributed by atoms with van der Waals surface area (Å²) in [5, 5.41) is 9.68. The highest BCUT2D eigenvalue weighted by molar-refractivity contribution is 5.77. The van der Waals surface area contributed by atoms with Crippen LogP contribution in [0.15, 0.2) is 0 Å². The van der Waals surface area contributed by atoms with Gasteiger partial charge < -0.3 is 10.0 Å². The Bertz CT molecular complexity index is 261. The smallest absolute Gasteiger partial charge is 0.223 e. The van der Waals surface area contributed by atoms with Crippen LogP contribution in [0.3, 0.4) is 0 Å². The van der Waals surface area contributed by atoms with Crippen LogP contribution in [0.5, 0.6) is 0 Å². The molecule has 1 saturated heterocycles. The van der Waals surface area contributed by atoms with E-state index in [9.17, 15) is 9.90 Å². The lowest BCUT2D eigenvalue weighted by Crippen LogP contribution is -2.54. The van der Waals surface area contributed by atoms with Crippen molar-refractivity contribution in [3.63, 3.8) is 0 Å². The summed E-state index contributed by atoms with van der Waals surface area (Å²) < 4.78 is 0. The predicted octanol–water partition coefficient (Wildman–Crippen LogP) is 2.57. The molecule has 1 aliphatic heterocycles. The fraction of sp³-hybridized carbons (Fsp3) is 0.929. The van der Waals surface area contributed by atoms with E-state index in [1.807, 2.05) is 4.90 Å². The van der Waals surface area contributed by atoms with E-state index >= 15 is 0 Å². The molecule has 0 spiro atoms. The second-order valence-electron chi connectivity index (χ2n) is 6.30. The van der Waals surface area contributed by atoms with Crippen molar-refractivity contribution in [3.05, 3.63) is 0 Å². The molecule has 0 aromatic rings. The summed E-state index contributed by atoms with van der Waals surface area (Å²) in [6.07, 6.45) is 4.04. The Balaban J connectivity index is 2.48. The molecule has 3 heteroatoms. The Morgan fingerprint density at radius 2 is 2.12 bits per heavy atom. The summed E-state index contributed by atoms with van der Waals surface area (Å²) >= 11 is 0. The number of rotatable bonds is 4. The van der Waals surface area contributed by atoms with Crippen LogP contribution in [0.2, 0.25) is 0 Å². The molecule has 1 fully saturated rings. The van der Waals surface area contributed by atoms with Crippen molar-refractivity contribution in [2.24, 2.45) is 5.92 Å². The predicted molar refractivity (Wildman–Crippen MR) is 69.7 cm³/mol. The van der Waals surface area contributed by atoms with Crippen molar-refractivity contribution in [1.29, 1.82) is 0 Å². The van der Waals surface area contributed by atoms with Crippen LogP contribution in [0, 0.1) is 5.92 Å². The van der Waals surface area contributed by atoms with E-state index in [1.54, 1.807) is 0 Å².